The molecule has 6 atom stereocenters. The van der Waals surface area contributed by atoms with Gasteiger partial charge < -0.3 is 38.0 Å². The van der Waals surface area contributed by atoms with Crippen LogP contribution in [0.15, 0.2) is 64.3 Å². The van der Waals surface area contributed by atoms with Crippen LogP contribution >= 0.6 is 11.6 Å². The average molecular weight is 878 g/mol. The number of aliphatic hydroxyl groups is 2. The highest BCUT2D eigenvalue weighted by Crippen LogP contribution is 2.60. The second kappa shape index (κ2) is 17.8. The molecule has 0 saturated carbocycles. The van der Waals surface area contributed by atoms with Gasteiger partial charge in [-0.2, -0.15) is 0 Å². The maximum Gasteiger partial charge on any atom is 0.513 e. The summed E-state index contributed by atoms with van der Waals surface area (Å²) in [5.41, 5.74) is -3.01. The quantitative estimate of drug-likeness (QED) is 0.0417. The molecule has 59 heavy (non-hydrogen) atoms. The maximum absolute atomic E-state index is 13.6. The number of halogens is 1. The van der Waals surface area contributed by atoms with Gasteiger partial charge in [0.1, 0.15) is 28.9 Å². The highest BCUT2D eigenvalue weighted by molar-refractivity contribution is 6.93. The number of nitrogens with zero attached hydrogens (tertiary/aromatic N) is 2. The van der Waals surface area contributed by atoms with Crippen LogP contribution < -0.4 is 16.0 Å². The van der Waals surface area contributed by atoms with E-state index in [2.05, 4.69) is 4.98 Å². The Morgan fingerprint density at radius 3 is 2.15 bits per heavy atom. The first-order valence-corrected chi connectivity index (χ1v) is 24.0. The smallest absolute Gasteiger partial charge is 0.451 e. The van der Waals surface area contributed by atoms with Gasteiger partial charge in [-0.3, -0.25) is 24.5 Å². The summed E-state index contributed by atoms with van der Waals surface area (Å²) in [5.74, 6) is -0.981. The molecular weight excluding hydrogens is 826 g/mol. The van der Waals surface area contributed by atoms with E-state index in [0.717, 1.165) is 10.6 Å². The van der Waals surface area contributed by atoms with Crippen molar-refractivity contribution in [1.29, 1.82) is 0 Å². The lowest BCUT2D eigenvalue weighted by molar-refractivity contribution is -0.384. The van der Waals surface area contributed by atoms with E-state index in [1.54, 1.807) is 12.1 Å². The summed E-state index contributed by atoms with van der Waals surface area (Å²) in [5, 5.41) is 34.4. The molecule has 3 heterocycles. The fraction of sp³-hybridized carbons (Fsp3) is 0.538. The van der Waals surface area contributed by atoms with E-state index < -0.39 is 80.6 Å². The molecule has 2 saturated heterocycles. The van der Waals surface area contributed by atoms with Gasteiger partial charge in [0, 0.05) is 36.9 Å². The number of nitro benzene ring substituents is 1. The van der Waals surface area contributed by atoms with Crippen LogP contribution in [0.1, 0.15) is 84.5 Å². The van der Waals surface area contributed by atoms with Gasteiger partial charge in [-0.05, 0) is 46.8 Å². The molecule has 2 aliphatic rings. The number of hydrogen-bond donors (Lipinski definition) is 3. The maximum atomic E-state index is 13.6. The molecule has 0 spiro atoms. The van der Waals surface area contributed by atoms with Gasteiger partial charge in [-0.25, -0.2) is 14.4 Å². The van der Waals surface area contributed by atoms with Gasteiger partial charge in [-0.1, -0.05) is 79.1 Å². The van der Waals surface area contributed by atoms with E-state index in [1.165, 1.54) is 43.5 Å². The molecule has 1 aromatic heterocycles. The molecule has 0 bridgehead atoms. The number of fused-ring (bicyclic) bond motifs is 1. The Morgan fingerprint density at radius 2 is 1.61 bits per heavy atom. The van der Waals surface area contributed by atoms with Gasteiger partial charge in [0.15, 0.2) is 6.23 Å². The van der Waals surface area contributed by atoms with E-state index in [1.807, 2.05) is 55.4 Å². The van der Waals surface area contributed by atoms with Crippen molar-refractivity contribution in [3.8, 4) is 5.75 Å². The molecular formula is C39H52ClN3O14Si2. The minimum absolute atomic E-state index is 0.0383. The van der Waals surface area contributed by atoms with Gasteiger partial charge in [0.05, 0.1) is 22.1 Å². The van der Waals surface area contributed by atoms with Crippen LogP contribution in [0.25, 0.3) is 0 Å². The Labute approximate surface area is 347 Å². The van der Waals surface area contributed by atoms with Crippen LogP contribution in [-0.4, -0.2) is 89.5 Å². The van der Waals surface area contributed by atoms with Crippen LogP contribution in [0.5, 0.6) is 5.75 Å². The van der Waals surface area contributed by atoms with Gasteiger partial charge in [0.2, 0.25) is 22.9 Å². The second-order valence-electron chi connectivity index (χ2n) is 16.1. The number of carbonyl (C=O) groups is 2. The molecule has 5 rings (SSSR count). The molecule has 2 fully saturated rings. The molecule has 3 N–H and O–H groups in total. The number of aromatic nitrogens is 2. The first-order valence-electron chi connectivity index (χ1n) is 19.4. The third-order valence-corrected chi connectivity index (χ3v) is 24.7. The number of benzene rings is 2. The van der Waals surface area contributed by atoms with Crippen molar-refractivity contribution in [3.05, 3.63) is 102 Å². The summed E-state index contributed by atoms with van der Waals surface area (Å²) in [6.45, 7) is 17.1. The number of nitro groups is 1. The molecule has 17 nitrogen and oxygen atoms in total. The largest absolute Gasteiger partial charge is 0.513 e. The molecule has 322 valence electrons. The number of non-ortho nitro benzene ring substituents is 1. The first kappa shape index (κ1) is 45.9. The number of H-pyrrole nitrogens is 1. The number of rotatable bonds is 14. The lowest BCUT2D eigenvalue weighted by Crippen LogP contribution is -2.85. The minimum atomic E-state index is -3.61. The molecule has 20 heteroatoms. The van der Waals surface area contributed by atoms with Crippen molar-refractivity contribution in [3.63, 3.8) is 0 Å². The highest BCUT2D eigenvalue weighted by atomic mass is 35.5. The van der Waals surface area contributed by atoms with Crippen molar-refractivity contribution in [2.45, 2.75) is 127 Å². The summed E-state index contributed by atoms with van der Waals surface area (Å²) < 4.78 is 37.6. The van der Waals surface area contributed by atoms with Crippen LogP contribution in [0.2, 0.25) is 27.2 Å². The number of aliphatic hydroxyl groups excluding tert-OH is 1. The van der Waals surface area contributed by atoms with Gasteiger partial charge in [0.25, 0.3) is 11.2 Å². The Hall–Kier alpha value is -4.22. The third-order valence-electron chi connectivity index (χ3n) is 11.5. The van der Waals surface area contributed by atoms with Crippen molar-refractivity contribution < 1.29 is 52.5 Å². The Morgan fingerprint density at radius 1 is 0.983 bits per heavy atom. The summed E-state index contributed by atoms with van der Waals surface area (Å²) in [7, 11) is -6.81. The summed E-state index contributed by atoms with van der Waals surface area (Å²) >= 11 is 6.44. The van der Waals surface area contributed by atoms with Crippen LogP contribution in [-0.2, 0) is 29.5 Å². The predicted molar refractivity (Wildman–Crippen MR) is 219 cm³/mol. The van der Waals surface area contributed by atoms with E-state index in [0.29, 0.717) is 5.56 Å². The molecule has 0 aliphatic carbocycles. The molecule has 0 radical (unpaired) electrons. The number of ether oxygens (including phenoxy) is 5. The van der Waals surface area contributed by atoms with E-state index >= 15 is 0 Å². The van der Waals surface area contributed by atoms with Crippen molar-refractivity contribution in [2.75, 3.05) is 6.61 Å². The lowest BCUT2D eigenvalue weighted by atomic mass is 10.1. The highest BCUT2D eigenvalue weighted by Gasteiger charge is 2.80. The average Bonchev–Trinajstić information content (AvgIpc) is 3.43. The number of nitrogens with one attached hydrogen (secondary N) is 1. The fourth-order valence-corrected chi connectivity index (χ4v) is 24.6. The van der Waals surface area contributed by atoms with Gasteiger partial charge in [-0.15, -0.1) is 0 Å². The van der Waals surface area contributed by atoms with Crippen LogP contribution in [0, 0.1) is 10.1 Å². The van der Waals surface area contributed by atoms with Crippen molar-refractivity contribution >= 4 is 46.0 Å². The zero-order valence-corrected chi connectivity index (χ0v) is 37.1. The Kier molecular flexibility index (Phi) is 13.8. The zero-order valence-electron chi connectivity index (χ0n) is 34.4. The fourth-order valence-electron chi connectivity index (χ4n) is 8.89. The molecule has 3 aromatic rings. The normalized spacial score (nSPS) is 23.9. The summed E-state index contributed by atoms with van der Waals surface area (Å²) in [6.07, 6.45) is -5.13. The molecule has 2 aliphatic heterocycles. The first-order chi connectivity index (χ1) is 27.6. The molecule has 0 amide bonds. The monoisotopic (exact) mass is 877 g/mol. The molecule has 2 unspecified atom stereocenters. The Balaban J connectivity index is 1.39. The zero-order chi connectivity index (χ0) is 43.8. The minimum Gasteiger partial charge on any atom is -0.451 e. The van der Waals surface area contributed by atoms with Gasteiger partial charge >= 0.3 is 17.8 Å². The van der Waals surface area contributed by atoms with E-state index in [4.69, 9.17) is 39.4 Å². The van der Waals surface area contributed by atoms with Crippen LogP contribution in [0.4, 0.5) is 10.5 Å². The topological polar surface area (TPSA) is 228 Å². The summed E-state index contributed by atoms with van der Waals surface area (Å²) in [4.78, 5) is 63.9. The standard InChI is InChI=1S/C39H52ClN3O14Si2/c1-21(2)58(22(3)4)36(46)33-39(49,59(57-58,23(5)6)24(7)8)32(34(56-33)42-18-16-31(44)41-37(42)47)53-25(9)54-35(45)29-15-14-28(20-30(29)40)55-38(48)52-19-17-26-10-12-27(13-11-26)43(50)51/h10-16,18,20-25,32-34,36,46,49H,17,19H2,1-9H3,(H,41,44,47)/t25?,32-,33+,34+,36?,39+/m0/s1. The number of hydrogen-bond acceptors (Lipinski definition) is 14. The second-order valence-corrected chi connectivity index (χ2v) is 26.7. The Bertz CT molecular complexity index is 2130. The number of esters is 1. The van der Waals surface area contributed by atoms with Crippen molar-refractivity contribution in [1.82, 2.24) is 9.55 Å². The SMILES string of the molecule is CC(OC(=O)c1ccc(OC(=O)OCCc2ccc([N+](=O)[O-])cc2)cc1Cl)O[C@H]1[C@H](n2ccc(=O)[nH]c2=O)O[C@@H]2C(O)[Si](C(C)C)(C(C)C)O[Si](C(C)C)(C(C)C)[C@@]21O. The molecule has 2 aromatic carbocycles. The predicted octanol–water partition coefficient (Wildman–Crippen LogP) is 6.07. The van der Waals surface area contributed by atoms with Crippen LogP contribution in [0.3, 0.4) is 0 Å². The summed E-state index contributed by atoms with van der Waals surface area (Å²) in [6, 6.07) is 10.7. The van der Waals surface area contributed by atoms with E-state index in [-0.39, 0.29) is 57.2 Å². The lowest BCUT2D eigenvalue weighted by Gasteiger charge is -2.63. The third kappa shape index (κ3) is 8.43. The number of carbonyl (C=O) groups excluding carboxylic acids is 2. The van der Waals surface area contributed by atoms with E-state index in [9.17, 15) is 39.5 Å². The number of aromatic amines is 1. The van der Waals surface area contributed by atoms with Crippen molar-refractivity contribution in [2.24, 2.45) is 0 Å².